The summed E-state index contributed by atoms with van der Waals surface area (Å²) < 4.78 is 13.8. The van der Waals surface area contributed by atoms with Crippen molar-refractivity contribution in [1.29, 1.82) is 0 Å². The van der Waals surface area contributed by atoms with Crippen molar-refractivity contribution in [3.05, 3.63) is 115 Å². The van der Waals surface area contributed by atoms with E-state index in [1.807, 2.05) is 69.3 Å². The molecule has 3 N–H and O–H groups in total. The van der Waals surface area contributed by atoms with Gasteiger partial charge in [-0.15, -0.1) is 0 Å². The number of nitrogen functional groups attached to an aromatic ring is 1. The molecule has 0 heterocycles. The number of hydrogen-bond donors (Lipinski definition) is 2. The number of hydrogen-bond acceptors (Lipinski definition) is 5. The summed E-state index contributed by atoms with van der Waals surface area (Å²) in [6.45, 7) is 6.30. The van der Waals surface area contributed by atoms with Crippen LogP contribution in [-0.4, -0.2) is 16.9 Å². The number of carbonyl (C=O) groups is 2. The third kappa shape index (κ3) is 7.11. The van der Waals surface area contributed by atoms with E-state index in [9.17, 15) is 14.7 Å². The Bertz CT molecular complexity index is 1560. The first-order chi connectivity index (χ1) is 19.0. The Hall–Kier alpha value is -3.62. The van der Waals surface area contributed by atoms with E-state index in [4.69, 9.17) is 15.2 Å². The maximum Gasteiger partial charge on any atom is 0.307 e. The summed E-state index contributed by atoms with van der Waals surface area (Å²) in [5.74, 6) is 0.280. The molecular weight excluding hydrogens is 638 g/mol. The Kier molecular flexibility index (Phi) is 9.32. The lowest BCUT2D eigenvalue weighted by Crippen LogP contribution is -2.08. The monoisotopic (exact) mass is 665 g/mol. The zero-order chi connectivity index (χ0) is 29.0. The van der Waals surface area contributed by atoms with E-state index in [-0.39, 0.29) is 24.7 Å². The lowest BCUT2D eigenvalue weighted by atomic mass is 9.95. The molecule has 6 nitrogen and oxygen atoms in total. The van der Waals surface area contributed by atoms with Crippen LogP contribution in [0.15, 0.2) is 81.7 Å². The van der Waals surface area contributed by atoms with Crippen molar-refractivity contribution in [2.24, 2.45) is 0 Å². The number of aryl methyl sites for hydroxylation is 1. The highest BCUT2D eigenvalue weighted by Crippen LogP contribution is 2.42. The van der Waals surface area contributed by atoms with Crippen LogP contribution in [0.25, 0.3) is 0 Å². The maximum atomic E-state index is 13.9. The predicted octanol–water partition coefficient (Wildman–Crippen LogP) is 8.46. The molecule has 0 aliphatic rings. The predicted molar refractivity (Wildman–Crippen MR) is 164 cm³/mol. The number of carboxylic acid groups (broad SMARTS) is 1. The van der Waals surface area contributed by atoms with Gasteiger partial charge in [0.15, 0.2) is 11.5 Å². The standard InChI is InChI=1S/C32H29Br2NO5/c1-18(2)24-15-29(40-32-26(33)12-21(13-27(32)34)14-30(36)37)25(31(38)22-8-4-6-19(3)10-22)16-28(24)39-17-20-7-5-9-23(35)11-20/h4-13,15-16,18H,14,17,35H2,1-3H3,(H,36,37). The lowest BCUT2D eigenvalue weighted by molar-refractivity contribution is -0.136. The largest absolute Gasteiger partial charge is 0.489 e. The zero-order valence-electron chi connectivity index (χ0n) is 22.3. The molecule has 40 heavy (non-hydrogen) atoms. The third-order valence-corrected chi connectivity index (χ3v) is 7.41. The summed E-state index contributed by atoms with van der Waals surface area (Å²) in [5, 5.41) is 9.20. The van der Waals surface area contributed by atoms with Crippen LogP contribution in [0.1, 0.15) is 57.9 Å². The molecule has 0 atom stereocenters. The first-order valence-electron chi connectivity index (χ1n) is 12.7. The Morgan fingerprint density at radius 2 is 1.60 bits per heavy atom. The molecule has 0 saturated carbocycles. The highest BCUT2D eigenvalue weighted by atomic mass is 79.9. The summed E-state index contributed by atoms with van der Waals surface area (Å²) in [6.07, 6.45) is -0.134. The molecule has 4 aromatic rings. The van der Waals surface area contributed by atoms with E-state index in [2.05, 4.69) is 31.9 Å². The van der Waals surface area contributed by atoms with Gasteiger partial charge in [-0.25, -0.2) is 0 Å². The van der Waals surface area contributed by atoms with Gasteiger partial charge in [-0.1, -0.05) is 49.7 Å². The molecule has 0 unspecified atom stereocenters. The number of aliphatic carboxylic acids is 1. The number of ether oxygens (including phenoxy) is 2. The van der Waals surface area contributed by atoms with Crippen molar-refractivity contribution >= 4 is 49.3 Å². The van der Waals surface area contributed by atoms with E-state index in [0.29, 0.717) is 48.6 Å². The molecule has 0 aromatic heterocycles. The maximum absolute atomic E-state index is 13.9. The molecule has 0 aliphatic carbocycles. The number of benzene rings is 4. The third-order valence-electron chi connectivity index (χ3n) is 6.23. The summed E-state index contributed by atoms with van der Waals surface area (Å²) in [6, 6.07) is 21.8. The van der Waals surface area contributed by atoms with E-state index < -0.39 is 5.97 Å². The van der Waals surface area contributed by atoms with Gasteiger partial charge in [0.05, 0.1) is 20.9 Å². The van der Waals surface area contributed by atoms with Crippen LogP contribution in [0.2, 0.25) is 0 Å². The van der Waals surface area contributed by atoms with Crippen LogP contribution >= 0.6 is 31.9 Å². The van der Waals surface area contributed by atoms with Gasteiger partial charge in [-0.3, -0.25) is 9.59 Å². The molecule has 0 bridgehead atoms. The molecular formula is C32H29Br2NO5. The van der Waals surface area contributed by atoms with E-state index in [0.717, 1.165) is 16.7 Å². The highest BCUT2D eigenvalue weighted by Gasteiger charge is 2.23. The average Bonchev–Trinajstić information content (AvgIpc) is 2.88. The zero-order valence-corrected chi connectivity index (χ0v) is 25.5. The minimum absolute atomic E-state index is 0.0612. The van der Waals surface area contributed by atoms with Gasteiger partial charge in [0.1, 0.15) is 18.1 Å². The Labute approximate surface area is 250 Å². The van der Waals surface area contributed by atoms with Gasteiger partial charge in [0, 0.05) is 16.8 Å². The number of carboxylic acids is 1. The molecule has 0 radical (unpaired) electrons. The van der Waals surface area contributed by atoms with Crippen molar-refractivity contribution in [3.63, 3.8) is 0 Å². The first-order valence-corrected chi connectivity index (χ1v) is 14.2. The van der Waals surface area contributed by atoms with Crippen molar-refractivity contribution in [3.8, 4) is 17.2 Å². The van der Waals surface area contributed by atoms with Crippen LogP contribution in [-0.2, 0) is 17.8 Å². The highest BCUT2D eigenvalue weighted by molar-refractivity contribution is 9.11. The summed E-state index contributed by atoms with van der Waals surface area (Å²) in [4.78, 5) is 25.1. The van der Waals surface area contributed by atoms with Crippen LogP contribution in [0.3, 0.4) is 0 Å². The van der Waals surface area contributed by atoms with Gasteiger partial charge in [0.2, 0.25) is 0 Å². The fraction of sp³-hybridized carbons (Fsp3) is 0.188. The molecule has 0 amide bonds. The fourth-order valence-corrected chi connectivity index (χ4v) is 5.74. The fourth-order valence-electron chi connectivity index (χ4n) is 4.30. The minimum atomic E-state index is -0.936. The Morgan fingerprint density at radius 3 is 2.23 bits per heavy atom. The molecule has 8 heteroatoms. The second-order valence-corrected chi connectivity index (χ2v) is 11.5. The summed E-state index contributed by atoms with van der Waals surface area (Å²) in [7, 11) is 0. The van der Waals surface area contributed by atoms with E-state index in [1.54, 1.807) is 24.3 Å². The second-order valence-electron chi connectivity index (χ2n) is 9.83. The molecule has 0 spiro atoms. The van der Waals surface area contributed by atoms with Gasteiger partial charge in [-0.2, -0.15) is 0 Å². The van der Waals surface area contributed by atoms with E-state index in [1.165, 1.54) is 0 Å². The van der Waals surface area contributed by atoms with Crippen LogP contribution in [0.5, 0.6) is 17.2 Å². The molecule has 206 valence electrons. The van der Waals surface area contributed by atoms with Crippen molar-refractivity contribution in [2.75, 3.05) is 5.73 Å². The van der Waals surface area contributed by atoms with Crippen LogP contribution in [0, 0.1) is 6.92 Å². The van der Waals surface area contributed by atoms with Crippen molar-refractivity contribution < 1.29 is 24.2 Å². The summed E-state index contributed by atoms with van der Waals surface area (Å²) >= 11 is 7.02. The summed E-state index contributed by atoms with van der Waals surface area (Å²) in [5.41, 5.74) is 10.8. The molecule has 0 saturated heterocycles. The minimum Gasteiger partial charge on any atom is -0.489 e. The first kappa shape index (κ1) is 29.4. The topological polar surface area (TPSA) is 98.9 Å². The Morgan fingerprint density at radius 1 is 0.900 bits per heavy atom. The number of anilines is 1. The number of rotatable bonds is 10. The molecule has 4 rings (SSSR count). The van der Waals surface area contributed by atoms with Crippen LogP contribution < -0.4 is 15.2 Å². The van der Waals surface area contributed by atoms with E-state index >= 15 is 0 Å². The van der Waals surface area contributed by atoms with Crippen molar-refractivity contribution in [2.45, 2.75) is 39.7 Å². The normalized spacial score (nSPS) is 10.9. The molecule has 4 aromatic carbocycles. The van der Waals surface area contributed by atoms with Gasteiger partial charge in [0.25, 0.3) is 0 Å². The quantitative estimate of drug-likeness (QED) is 0.130. The smallest absolute Gasteiger partial charge is 0.307 e. The lowest BCUT2D eigenvalue weighted by Gasteiger charge is -2.20. The number of nitrogens with two attached hydrogens (primary N) is 1. The number of ketones is 1. The van der Waals surface area contributed by atoms with Gasteiger partial charge in [-0.05, 0) is 98.3 Å². The second kappa shape index (κ2) is 12.7. The van der Waals surface area contributed by atoms with Crippen molar-refractivity contribution in [1.82, 2.24) is 0 Å². The average molecular weight is 667 g/mol. The SMILES string of the molecule is Cc1cccc(C(=O)c2cc(OCc3cccc(N)c3)c(C(C)C)cc2Oc2c(Br)cc(CC(=O)O)cc2Br)c1. The van der Waals surface area contributed by atoms with Gasteiger partial charge >= 0.3 is 5.97 Å². The molecule has 0 fully saturated rings. The number of halogens is 2. The Balaban J connectivity index is 1.81. The van der Waals surface area contributed by atoms with Crippen LogP contribution in [0.4, 0.5) is 5.69 Å². The number of carbonyl (C=O) groups excluding carboxylic acids is 1. The van der Waals surface area contributed by atoms with Gasteiger partial charge < -0.3 is 20.3 Å². The molecule has 0 aliphatic heterocycles.